The van der Waals surface area contributed by atoms with Crippen LogP contribution in [-0.2, 0) is 6.54 Å². The van der Waals surface area contributed by atoms with Crippen LogP contribution in [0, 0.1) is 25.5 Å². The molecule has 2 aromatic heterocycles. The van der Waals surface area contributed by atoms with Crippen LogP contribution in [0.4, 0.5) is 8.78 Å². The topological polar surface area (TPSA) is 96.8 Å². The van der Waals surface area contributed by atoms with Crippen LogP contribution in [0.2, 0.25) is 0 Å². The summed E-state index contributed by atoms with van der Waals surface area (Å²) in [6.45, 7) is 4.99. The predicted molar refractivity (Wildman–Crippen MR) is 125 cm³/mol. The van der Waals surface area contributed by atoms with Gasteiger partial charge < -0.3 is 9.88 Å². The summed E-state index contributed by atoms with van der Waals surface area (Å²) in [6.07, 6.45) is 1.28. The summed E-state index contributed by atoms with van der Waals surface area (Å²) in [7, 11) is 0. The number of carbonyl (C=O) groups excluding carboxylic acids is 1. The molecule has 0 saturated carbocycles. The van der Waals surface area contributed by atoms with Crippen LogP contribution in [0.3, 0.4) is 0 Å². The SMILES string of the molecule is Cc1ccc(C)c(C(=O)N2CCC(c3nc4c(nnn4Cc4cc(F)cc(F)c4)c(=O)[nH]3)CC2)c1. The van der Waals surface area contributed by atoms with E-state index in [1.54, 1.807) is 0 Å². The number of fused-ring (bicyclic) bond motifs is 1. The van der Waals surface area contributed by atoms with E-state index in [0.717, 1.165) is 17.2 Å². The van der Waals surface area contributed by atoms with Gasteiger partial charge in [-0.15, -0.1) is 5.10 Å². The van der Waals surface area contributed by atoms with Crippen LogP contribution in [0.5, 0.6) is 0 Å². The Labute approximate surface area is 199 Å². The van der Waals surface area contributed by atoms with Gasteiger partial charge in [0.2, 0.25) is 0 Å². The summed E-state index contributed by atoms with van der Waals surface area (Å²) >= 11 is 0. The second-order valence-corrected chi connectivity index (χ2v) is 9.03. The van der Waals surface area contributed by atoms with Crippen molar-refractivity contribution in [2.24, 2.45) is 0 Å². The highest BCUT2D eigenvalue weighted by molar-refractivity contribution is 5.95. The van der Waals surface area contributed by atoms with Crippen molar-refractivity contribution < 1.29 is 13.6 Å². The molecule has 1 aliphatic heterocycles. The number of H-pyrrole nitrogens is 1. The zero-order valence-corrected chi connectivity index (χ0v) is 19.4. The van der Waals surface area contributed by atoms with Crippen LogP contribution in [0.25, 0.3) is 11.2 Å². The van der Waals surface area contributed by atoms with Gasteiger partial charge in [-0.05, 0) is 56.0 Å². The Kier molecular flexibility index (Phi) is 5.88. The summed E-state index contributed by atoms with van der Waals surface area (Å²) in [5.74, 6) is -0.942. The third-order valence-corrected chi connectivity index (χ3v) is 6.44. The van der Waals surface area contributed by atoms with Crippen LogP contribution in [0.1, 0.15) is 51.6 Å². The molecule has 2 aromatic carbocycles. The number of piperidine rings is 1. The van der Waals surface area contributed by atoms with Crippen molar-refractivity contribution in [2.75, 3.05) is 13.1 Å². The fourth-order valence-corrected chi connectivity index (χ4v) is 4.55. The summed E-state index contributed by atoms with van der Waals surface area (Å²) in [5.41, 5.74) is 2.93. The lowest BCUT2D eigenvalue weighted by atomic mass is 9.94. The molecule has 0 bridgehead atoms. The van der Waals surface area contributed by atoms with E-state index in [2.05, 4.69) is 20.3 Å². The molecule has 10 heteroatoms. The molecule has 180 valence electrons. The van der Waals surface area contributed by atoms with Crippen molar-refractivity contribution in [1.29, 1.82) is 0 Å². The Morgan fingerprint density at radius 3 is 2.51 bits per heavy atom. The van der Waals surface area contributed by atoms with Gasteiger partial charge in [0.05, 0.1) is 6.54 Å². The van der Waals surface area contributed by atoms with E-state index in [1.807, 2.05) is 36.9 Å². The maximum Gasteiger partial charge on any atom is 0.281 e. The Balaban J connectivity index is 1.36. The highest BCUT2D eigenvalue weighted by Gasteiger charge is 2.27. The molecule has 3 heterocycles. The van der Waals surface area contributed by atoms with Gasteiger partial charge in [-0.3, -0.25) is 9.59 Å². The molecule has 0 radical (unpaired) electrons. The largest absolute Gasteiger partial charge is 0.339 e. The van der Waals surface area contributed by atoms with Gasteiger partial charge in [0.25, 0.3) is 11.5 Å². The molecule has 8 nitrogen and oxygen atoms in total. The molecule has 0 unspecified atom stereocenters. The number of hydrogen-bond acceptors (Lipinski definition) is 5. The zero-order chi connectivity index (χ0) is 24.7. The number of nitrogens with one attached hydrogen (secondary N) is 1. The lowest BCUT2D eigenvalue weighted by Crippen LogP contribution is -2.38. The monoisotopic (exact) mass is 478 g/mol. The van der Waals surface area contributed by atoms with E-state index in [0.29, 0.717) is 42.9 Å². The van der Waals surface area contributed by atoms with Crippen LogP contribution in [-0.4, -0.2) is 48.9 Å². The van der Waals surface area contributed by atoms with E-state index in [9.17, 15) is 18.4 Å². The Hall–Kier alpha value is -3.95. The summed E-state index contributed by atoms with van der Waals surface area (Å²) in [5, 5.41) is 7.86. The van der Waals surface area contributed by atoms with Gasteiger partial charge in [0, 0.05) is 30.6 Å². The summed E-state index contributed by atoms with van der Waals surface area (Å²) in [4.78, 5) is 34.9. The fraction of sp³-hybridized carbons (Fsp3) is 0.320. The predicted octanol–water partition coefficient (Wildman–Crippen LogP) is 3.48. The van der Waals surface area contributed by atoms with Crippen LogP contribution < -0.4 is 5.56 Å². The first-order valence-electron chi connectivity index (χ1n) is 11.4. The highest BCUT2D eigenvalue weighted by atomic mass is 19.1. The quantitative estimate of drug-likeness (QED) is 0.485. The molecular formula is C25H24F2N6O2. The van der Waals surface area contributed by atoms with Crippen molar-refractivity contribution in [3.63, 3.8) is 0 Å². The van der Waals surface area contributed by atoms with Crippen molar-refractivity contribution in [3.8, 4) is 0 Å². The van der Waals surface area contributed by atoms with E-state index in [-0.39, 0.29) is 29.5 Å². The minimum atomic E-state index is -0.696. The lowest BCUT2D eigenvalue weighted by Gasteiger charge is -2.32. The molecular weight excluding hydrogens is 454 g/mol. The summed E-state index contributed by atoms with van der Waals surface area (Å²) in [6, 6.07) is 9.05. The second kappa shape index (κ2) is 9.01. The maximum absolute atomic E-state index is 13.6. The smallest absolute Gasteiger partial charge is 0.281 e. The molecule has 1 aliphatic rings. The first-order chi connectivity index (χ1) is 16.8. The minimum Gasteiger partial charge on any atom is -0.339 e. The number of nitrogens with zero attached hydrogens (tertiary/aromatic N) is 5. The number of benzene rings is 2. The number of likely N-dealkylation sites (tertiary alicyclic amines) is 1. The normalized spacial score (nSPS) is 14.6. The van der Waals surface area contributed by atoms with Gasteiger partial charge >= 0.3 is 0 Å². The first kappa shape index (κ1) is 22.8. The number of aromatic amines is 1. The fourth-order valence-electron chi connectivity index (χ4n) is 4.55. The Morgan fingerprint density at radius 1 is 1.09 bits per heavy atom. The van der Waals surface area contributed by atoms with Crippen molar-refractivity contribution in [3.05, 3.63) is 86.5 Å². The standard InChI is InChI=1S/C25H24F2N6O2/c1-14-3-4-15(2)20(9-14)25(35)32-7-5-17(6-8-32)22-28-23-21(24(34)29-22)30-31-33(23)13-16-10-18(26)12-19(27)11-16/h3-4,9-12,17H,5-8,13H2,1-2H3,(H,28,29,34). The van der Waals surface area contributed by atoms with E-state index in [4.69, 9.17) is 0 Å². The van der Waals surface area contributed by atoms with Crippen molar-refractivity contribution >= 4 is 17.1 Å². The molecule has 1 N–H and O–H groups in total. The van der Waals surface area contributed by atoms with Gasteiger partial charge in [0.1, 0.15) is 17.5 Å². The molecule has 0 aliphatic carbocycles. The average Bonchev–Trinajstić information content (AvgIpc) is 3.23. The zero-order valence-electron chi connectivity index (χ0n) is 19.4. The van der Waals surface area contributed by atoms with Crippen LogP contribution >= 0.6 is 0 Å². The molecule has 35 heavy (non-hydrogen) atoms. The number of hydrogen-bond donors (Lipinski definition) is 1. The van der Waals surface area contributed by atoms with Gasteiger partial charge in [-0.1, -0.05) is 22.9 Å². The van der Waals surface area contributed by atoms with Crippen molar-refractivity contribution in [1.82, 2.24) is 29.9 Å². The van der Waals surface area contributed by atoms with Crippen molar-refractivity contribution in [2.45, 2.75) is 39.2 Å². The molecule has 4 aromatic rings. The number of amides is 1. The third-order valence-electron chi connectivity index (χ3n) is 6.44. The number of aromatic nitrogens is 5. The van der Waals surface area contributed by atoms with Gasteiger partial charge in [-0.2, -0.15) is 0 Å². The number of carbonyl (C=O) groups is 1. The molecule has 0 spiro atoms. The van der Waals surface area contributed by atoms with E-state index < -0.39 is 17.2 Å². The Bertz CT molecular complexity index is 1470. The Morgan fingerprint density at radius 2 is 1.80 bits per heavy atom. The second-order valence-electron chi connectivity index (χ2n) is 9.03. The van der Waals surface area contributed by atoms with E-state index in [1.165, 1.54) is 16.8 Å². The van der Waals surface area contributed by atoms with E-state index >= 15 is 0 Å². The number of halogens is 2. The lowest BCUT2D eigenvalue weighted by molar-refractivity contribution is 0.0710. The molecule has 1 amide bonds. The molecule has 1 fully saturated rings. The average molecular weight is 479 g/mol. The van der Waals surface area contributed by atoms with Crippen LogP contribution in [0.15, 0.2) is 41.2 Å². The number of aryl methyl sites for hydroxylation is 2. The third kappa shape index (κ3) is 4.55. The minimum absolute atomic E-state index is 0.00570. The highest BCUT2D eigenvalue weighted by Crippen LogP contribution is 2.27. The van der Waals surface area contributed by atoms with Gasteiger partial charge in [-0.25, -0.2) is 18.4 Å². The van der Waals surface area contributed by atoms with Gasteiger partial charge in [0.15, 0.2) is 11.2 Å². The molecule has 5 rings (SSSR count). The molecule has 0 atom stereocenters. The maximum atomic E-state index is 13.6. The first-order valence-corrected chi connectivity index (χ1v) is 11.4. The number of rotatable bonds is 4. The summed E-state index contributed by atoms with van der Waals surface area (Å²) < 4.78 is 28.6. The molecule has 1 saturated heterocycles.